The second-order valence-electron chi connectivity index (χ2n) is 8.10. The molecular weight excluding hydrogens is 378 g/mol. The zero-order chi connectivity index (χ0) is 21.3. The molecule has 0 aromatic heterocycles. The minimum atomic E-state index is -0.532. The van der Waals surface area contributed by atoms with Crippen molar-refractivity contribution in [3.63, 3.8) is 0 Å². The first kappa shape index (κ1) is 22.4. The summed E-state index contributed by atoms with van der Waals surface area (Å²) in [5, 5.41) is 12.5. The standard InChI is InChI=1S/C25H33NO4/c1-3-18-12-14-19(15-13-18)22-17-23(24(28)26-20-9-6-5-7-10-20)30-25(29-4-2)21(22)11-8-16-27/h1,12-15,17,20-22,25,27H,4-11,16H2,2H3,(H,26,28)/t21-,22-,25-/m0/s1. The molecular formula is C25H33NO4. The third-order valence-electron chi connectivity index (χ3n) is 6.04. The van der Waals surface area contributed by atoms with E-state index in [-0.39, 0.29) is 30.4 Å². The van der Waals surface area contributed by atoms with E-state index in [1.807, 2.05) is 37.3 Å². The Morgan fingerprint density at radius 1 is 1.27 bits per heavy atom. The number of carbonyl (C=O) groups is 1. The van der Waals surface area contributed by atoms with Crippen LogP contribution in [0.1, 0.15) is 68.9 Å². The minimum Gasteiger partial charge on any atom is -0.459 e. The Kier molecular flexibility index (Phi) is 8.36. The summed E-state index contributed by atoms with van der Waals surface area (Å²) in [6.45, 7) is 2.51. The van der Waals surface area contributed by atoms with Crippen molar-refractivity contribution in [1.29, 1.82) is 0 Å². The maximum absolute atomic E-state index is 13.0. The molecule has 30 heavy (non-hydrogen) atoms. The van der Waals surface area contributed by atoms with Crippen LogP contribution in [0.4, 0.5) is 0 Å². The van der Waals surface area contributed by atoms with Crippen LogP contribution in [-0.2, 0) is 14.3 Å². The lowest BCUT2D eigenvalue weighted by Crippen LogP contribution is -2.42. The highest BCUT2D eigenvalue weighted by Gasteiger charge is 2.38. The first-order valence-corrected chi connectivity index (χ1v) is 11.1. The van der Waals surface area contributed by atoms with Gasteiger partial charge in [-0.15, -0.1) is 6.42 Å². The fraction of sp³-hybridized carbons (Fsp3) is 0.560. The van der Waals surface area contributed by atoms with Crippen LogP contribution in [0.15, 0.2) is 36.1 Å². The molecule has 0 bridgehead atoms. The summed E-state index contributed by atoms with van der Waals surface area (Å²) in [5.41, 5.74) is 1.88. The summed E-state index contributed by atoms with van der Waals surface area (Å²) < 4.78 is 12.0. The van der Waals surface area contributed by atoms with Crippen molar-refractivity contribution in [2.24, 2.45) is 5.92 Å². The second-order valence-corrected chi connectivity index (χ2v) is 8.10. The van der Waals surface area contributed by atoms with Gasteiger partial charge in [-0.2, -0.15) is 0 Å². The van der Waals surface area contributed by atoms with Gasteiger partial charge in [-0.05, 0) is 56.4 Å². The van der Waals surface area contributed by atoms with Crippen LogP contribution in [0.25, 0.3) is 0 Å². The van der Waals surface area contributed by atoms with Crippen LogP contribution in [0.3, 0.4) is 0 Å². The van der Waals surface area contributed by atoms with E-state index in [1.54, 1.807) is 0 Å². The smallest absolute Gasteiger partial charge is 0.286 e. The molecule has 3 rings (SSSR count). The van der Waals surface area contributed by atoms with Crippen molar-refractivity contribution in [3.05, 3.63) is 47.2 Å². The number of hydrogen-bond acceptors (Lipinski definition) is 4. The van der Waals surface area contributed by atoms with Gasteiger partial charge in [-0.25, -0.2) is 0 Å². The van der Waals surface area contributed by atoms with Crippen molar-refractivity contribution >= 4 is 5.91 Å². The van der Waals surface area contributed by atoms with Gasteiger partial charge >= 0.3 is 0 Å². The van der Waals surface area contributed by atoms with Gasteiger partial charge in [-0.1, -0.05) is 37.3 Å². The Morgan fingerprint density at radius 2 is 2.00 bits per heavy atom. The summed E-state index contributed by atoms with van der Waals surface area (Å²) in [6.07, 6.45) is 13.8. The number of amides is 1. The Hall–Kier alpha value is -2.29. The van der Waals surface area contributed by atoms with E-state index < -0.39 is 6.29 Å². The molecule has 1 aliphatic heterocycles. The number of benzene rings is 1. The van der Waals surface area contributed by atoms with Crippen LogP contribution in [0, 0.1) is 18.3 Å². The van der Waals surface area contributed by atoms with Crippen molar-refractivity contribution < 1.29 is 19.4 Å². The lowest BCUT2D eigenvalue weighted by Gasteiger charge is -2.37. The van der Waals surface area contributed by atoms with Gasteiger partial charge in [0.2, 0.25) is 6.29 Å². The predicted octanol–water partition coefficient (Wildman–Crippen LogP) is 3.87. The largest absolute Gasteiger partial charge is 0.459 e. The molecule has 3 atom stereocenters. The molecule has 2 aliphatic rings. The molecule has 0 unspecified atom stereocenters. The van der Waals surface area contributed by atoms with Gasteiger partial charge in [0.05, 0.1) is 0 Å². The van der Waals surface area contributed by atoms with Crippen LogP contribution in [0.2, 0.25) is 0 Å². The minimum absolute atomic E-state index is 0.0000151. The zero-order valence-electron chi connectivity index (χ0n) is 17.8. The van der Waals surface area contributed by atoms with Gasteiger partial charge in [0.15, 0.2) is 5.76 Å². The highest BCUT2D eigenvalue weighted by molar-refractivity contribution is 5.92. The Bertz CT molecular complexity index is 758. The average Bonchev–Trinajstić information content (AvgIpc) is 2.78. The van der Waals surface area contributed by atoms with Gasteiger partial charge in [0, 0.05) is 36.7 Å². The average molecular weight is 412 g/mol. The van der Waals surface area contributed by atoms with Crippen molar-refractivity contribution in [2.75, 3.05) is 13.2 Å². The number of allylic oxidation sites excluding steroid dienone is 1. The molecule has 2 N–H and O–H groups in total. The molecule has 1 heterocycles. The van der Waals surface area contributed by atoms with Crippen LogP contribution in [0.5, 0.6) is 0 Å². The lowest BCUT2D eigenvalue weighted by molar-refractivity contribution is -0.166. The molecule has 162 valence electrons. The Morgan fingerprint density at radius 3 is 2.63 bits per heavy atom. The Balaban J connectivity index is 1.87. The summed E-state index contributed by atoms with van der Waals surface area (Å²) in [6, 6.07) is 8.06. The number of nitrogens with one attached hydrogen (secondary N) is 1. The lowest BCUT2D eigenvalue weighted by atomic mass is 9.80. The fourth-order valence-electron chi connectivity index (χ4n) is 4.45. The van der Waals surface area contributed by atoms with Crippen molar-refractivity contribution in [2.45, 2.75) is 70.1 Å². The molecule has 5 nitrogen and oxygen atoms in total. The zero-order valence-corrected chi connectivity index (χ0v) is 17.8. The van der Waals surface area contributed by atoms with E-state index in [0.717, 1.165) is 43.2 Å². The van der Waals surface area contributed by atoms with Crippen LogP contribution in [-0.4, -0.2) is 36.6 Å². The summed E-state index contributed by atoms with van der Waals surface area (Å²) in [4.78, 5) is 13.0. The maximum atomic E-state index is 13.0. The number of aliphatic hydroxyl groups is 1. The molecule has 0 saturated heterocycles. The molecule has 1 saturated carbocycles. The third kappa shape index (κ3) is 5.65. The normalized spacial score (nSPS) is 24.4. The van der Waals surface area contributed by atoms with Gasteiger partial charge < -0.3 is 19.9 Å². The molecule has 1 fully saturated rings. The summed E-state index contributed by atoms with van der Waals surface area (Å²) in [7, 11) is 0. The third-order valence-corrected chi connectivity index (χ3v) is 6.04. The van der Waals surface area contributed by atoms with E-state index >= 15 is 0 Å². The molecule has 0 spiro atoms. The first-order chi connectivity index (χ1) is 14.7. The second kappa shape index (κ2) is 11.2. The van der Waals surface area contributed by atoms with Crippen LogP contribution < -0.4 is 5.32 Å². The van der Waals surface area contributed by atoms with E-state index in [2.05, 4.69) is 11.2 Å². The van der Waals surface area contributed by atoms with Crippen molar-refractivity contribution in [3.8, 4) is 12.3 Å². The molecule has 0 radical (unpaired) electrons. The molecule has 1 aromatic carbocycles. The maximum Gasteiger partial charge on any atom is 0.286 e. The van der Waals surface area contributed by atoms with Gasteiger partial charge in [0.25, 0.3) is 5.91 Å². The number of carbonyl (C=O) groups excluding carboxylic acids is 1. The summed E-state index contributed by atoms with van der Waals surface area (Å²) >= 11 is 0. The predicted molar refractivity (Wildman–Crippen MR) is 117 cm³/mol. The number of aliphatic hydroxyl groups excluding tert-OH is 1. The molecule has 1 amide bonds. The molecule has 1 aliphatic carbocycles. The van der Waals surface area contributed by atoms with E-state index in [1.165, 1.54) is 6.42 Å². The SMILES string of the molecule is C#Cc1ccc([C@@H]2C=C(C(=O)NC3CCCCC3)O[C@H](OCC)[C@H]2CCCO)cc1. The van der Waals surface area contributed by atoms with Gasteiger partial charge in [0.1, 0.15) is 0 Å². The highest BCUT2D eigenvalue weighted by atomic mass is 16.7. The quantitative estimate of drug-likeness (QED) is 0.638. The number of terminal acetylenes is 1. The van der Waals surface area contributed by atoms with E-state index in [4.69, 9.17) is 15.9 Å². The topological polar surface area (TPSA) is 67.8 Å². The first-order valence-electron chi connectivity index (χ1n) is 11.1. The molecule has 1 aromatic rings. The fourth-order valence-corrected chi connectivity index (χ4v) is 4.45. The van der Waals surface area contributed by atoms with Crippen LogP contribution >= 0.6 is 0 Å². The molecule has 5 heteroatoms. The number of hydrogen-bond donors (Lipinski definition) is 2. The Labute approximate surface area is 179 Å². The number of rotatable bonds is 8. The van der Waals surface area contributed by atoms with Crippen molar-refractivity contribution in [1.82, 2.24) is 5.32 Å². The highest BCUT2D eigenvalue weighted by Crippen LogP contribution is 2.39. The monoisotopic (exact) mass is 411 g/mol. The van der Waals surface area contributed by atoms with E-state index in [9.17, 15) is 9.90 Å². The van der Waals surface area contributed by atoms with Gasteiger partial charge in [-0.3, -0.25) is 4.79 Å². The number of ether oxygens (including phenoxy) is 2. The summed E-state index contributed by atoms with van der Waals surface area (Å²) in [5.74, 6) is 2.74. The van der Waals surface area contributed by atoms with E-state index in [0.29, 0.717) is 18.8 Å².